The number of ether oxygens (including phenoxy) is 1. The van der Waals surface area contributed by atoms with E-state index in [1.807, 2.05) is 30.3 Å². The molecular formula is C26H29F6NO. The maximum Gasteiger partial charge on any atom is 0.416 e. The molecule has 4 rings (SSSR count). The molecule has 2 aromatic carbocycles. The fourth-order valence-corrected chi connectivity index (χ4v) is 4.87. The number of alkyl halides is 6. The first-order chi connectivity index (χ1) is 16.1. The molecule has 1 saturated carbocycles. The minimum Gasteiger partial charge on any atom is -0.376 e. The molecule has 34 heavy (non-hydrogen) atoms. The maximum absolute atomic E-state index is 13.2. The van der Waals surface area contributed by atoms with Crippen molar-refractivity contribution < 1.29 is 31.1 Å². The quantitative estimate of drug-likeness (QED) is 0.389. The monoisotopic (exact) mass is 485 g/mol. The van der Waals surface area contributed by atoms with Crippen LogP contribution in [0.4, 0.5) is 26.3 Å². The summed E-state index contributed by atoms with van der Waals surface area (Å²) in [5, 5.41) is 0. The molecule has 0 N–H and O–H groups in total. The SMILES string of the molecule is FC(F)(F)c1cc(COC[C@]2(c3ccccc3)CCCN(CC3CC3)CC2)cc(C(F)(F)F)c1. The first kappa shape index (κ1) is 25.0. The first-order valence-corrected chi connectivity index (χ1v) is 11.7. The molecule has 0 radical (unpaired) electrons. The van der Waals surface area contributed by atoms with Crippen LogP contribution in [0.3, 0.4) is 0 Å². The van der Waals surface area contributed by atoms with E-state index in [4.69, 9.17) is 4.74 Å². The molecule has 1 heterocycles. The molecule has 1 saturated heterocycles. The summed E-state index contributed by atoms with van der Waals surface area (Å²) >= 11 is 0. The van der Waals surface area contributed by atoms with Gasteiger partial charge in [0.05, 0.1) is 24.3 Å². The zero-order valence-electron chi connectivity index (χ0n) is 18.9. The van der Waals surface area contributed by atoms with E-state index in [-0.39, 0.29) is 30.3 Å². The highest BCUT2D eigenvalue weighted by Crippen LogP contribution is 2.39. The van der Waals surface area contributed by atoms with Crippen LogP contribution in [0.5, 0.6) is 0 Å². The van der Waals surface area contributed by atoms with Crippen LogP contribution in [-0.4, -0.2) is 31.1 Å². The van der Waals surface area contributed by atoms with Crippen molar-refractivity contribution in [2.45, 2.75) is 56.5 Å². The van der Waals surface area contributed by atoms with Gasteiger partial charge in [-0.15, -0.1) is 0 Å². The predicted octanol–water partition coefficient (Wildman–Crippen LogP) is 7.07. The fourth-order valence-electron chi connectivity index (χ4n) is 4.87. The van der Waals surface area contributed by atoms with E-state index in [9.17, 15) is 26.3 Å². The second-order valence-corrected chi connectivity index (χ2v) is 9.65. The molecule has 1 aliphatic heterocycles. The van der Waals surface area contributed by atoms with Gasteiger partial charge in [-0.3, -0.25) is 0 Å². The first-order valence-electron chi connectivity index (χ1n) is 11.7. The minimum atomic E-state index is -4.87. The van der Waals surface area contributed by atoms with Crippen molar-refractivity contribution in [1.82, 2.24) is 4.90 Å². The minimum absolute atomic E-state index is 0.130. The molecule has 0 aromatic heterocycles. The lowest BCUT2D eigenvalue weighted by molar-refractivity contribution is -0.143. The van der Waals surface area contributed by atoms with Crippen LogP contribution in [0.2, 0.25) is 0 Å². The van der Waals surface area contributed by atoms with Crippen molar-refractivity contribution in [1.29, 1.82) is 0 Å². The van der Waals surface area contributed by atoms with E-state index < -0.39 is 23.5 Å². The molecule has 1 aliphatic carbocycles. The summed E-state index contributed by atoms with van der Waals surface area (Å²) in [4.78, 5) is 2.48. The van der Waals surface area contributed by atoms with Gasteiger partial charge in [0.25, 0.3) is 0 Å². The summed E-state index contributed by atoms with van der Waals surface area (Å²) in [6.45, 7) is 2.92. The number of rotatable bonds is 7. The summed E-state index contributed by atoms with van der Waals surface area (Å²) in [6.07, 6.45) is -4.52. The Labute approximate surface area is 195 Å². The van der Waals surface area contributed by atoms with Crippen LogP contribution in [0.25, 0.3) is 0 Å². The predicted molar refractivity (Wildman–Crippen MR) is 117 cm³/mol. The van der Waals surface area contributed by atoms with Crippen LogP contribution in [0.1, 0.15) is 54.4 Å². The standard InChI is InChI=1S/C26H29F6NO/c27-25(28,29)22-13-20(14-23(15-22)26(30,31)32)17-34-18-24(21-5-2-1-3-6-21)9-4-11-33(12-10-24)16-19-7-8-19/h1-3,5-6,13-15,19H,4,7-12,16-18H2/t24-/m0/s1. The van der Waals surface area contributed by atoms with Gasteiger partial charge in [-0.05, 0) is 80.4 Å². The Bertz CT molecular complexity index is 922. The Kier molecular flexibility index (Phi) is 7.29. The zero-order chi connectivity index (χ0) is 24.4. The summed E-state index contributed by atoms with van der Waals surface area (Å²) < 4.78 is 85.1. The second-order valence-electron chi connectivity index (χ2n) is 9.65. The van der Waals surface area contributed by atoms with Gasteiger partial charge in [-0.25, -0.2) is 0 Å². The average molecular weight is 486 g/mol. The lowest BCUT2D eigenvalue weighted by Gasteiger charge is -2.33. The zero-order valence-corrected chi connectivity index (χ0v) is 18.9. The number of hydrogen-bond acceptors (Lipinski definition) is 2. The second kappa shape index (κ2) is 9.90. The molecule has 8 heteroatoms. The number of hydrogen-bond donors (Lipinski definition) is 0. The molecule has 0 unspecified atom stereocenters. The molecule has 0 spiro atoms. The van der Waals surface area contributed by atoms with Crippen LogP contribution in [0.15, 0.2) is 48.5 Å². The van der Waals surface area contributed by atoms with Crippen molar-refractivity contribution >= 4 is 0 Å². The van der Waals surface area contributed by atoms with Crippen LogP contribution in [-0.2, 0) is 29.1 Å². The molecule has 0 amide bonds. The number of benzene rings is 2. The van der Waals surface area contributed by atoms with Crippen LogP contribution < -0.4 is 0 Å². The lowest BCUT2D eigenvalue weighted by atomic mass is 9.75. The Hall–Kier alpha value is -2.06. The maximum atomic E-state index is 13.2. The summed E-state index contributed by atoms with van der Waals surface area (Å²) in [7, 11) is 0. The third-order valence-corrected chi connectivity index (χ3v) is 6.93. The molecular weight excluding hydrogens is 456 g/mol. The highest BCUT2D eigenvalue weighted by molar-refractivity contribution is 5.33. The van der Waals surface area contributed by atoms with E-state index in [1.54, 1.807) is 0 Å². The van der Waals surface area contributed by atoms with Crippen molar-refractivity contribution in [3.63, 3.8) is 0 Å². The van der Waals surface area contributed by atoms with Crippen molar-refractivity contribution in [3.8, 4) is 0 Å². The van der Waals surface area contributed by atoms with Crippen molar-refractivity contribution in [3.05, 3.63) is 70.8 Å². The summed E-state index contributed by atoms with van der Waals surface area (Å²) in [5.74, 6) is 0.782. The highest BCUT2D eigenvalue weighted by atomic mass is 19.4. The van der Waals surface area contributed by atoms with Gasteiger partial charge in [0.15, 0.2) is 0 Å². The summed E-state index contributed by atoms with van der Waals surface area (Å²) in [5.41, 5.74) is -1.99. The number of nitrogens with zero attached hydrogens (tertiary/aromatic N) is 1. The Balaban J connectivity index is 1.51. The average Bonchev–Trinajstić information content (AvgIpc) is 3.62. The third-order valence-electron chi connectivity index (χ3n) is 6.93. The van der Waals surface area contributed by atoms with Gasteiger partial charge in [-0.1, -0.05) is 30.3 Å². The number of halogens is 6. The fraction of sp³-hybridized carbons (Fsp3) is 0.538. The van der Waals surface area contributed by atoms with Gasteiger partial charge in [0.1, 0.15) is 0 Å². The van der Waals surface area contributed by atoms with Gasteiger partial charge in [0, 0.05) is 12.0 Å². The van der Waals surface area contributed by atoms with Crippen LogP contribution >= 0.6 is 0 Å². The smallest absolute Gasteiger partial charge is 0.376 e. The van der Waals surface area contributed by atoms with Gasteiger partial charge in [0.2, 0.25) is 0 Å². The Morgan fingerprint density at radius 3 is 2.09 bits per heavy atom. The number of likely N-dealkylation sites (tertiary alicyclic amines) is 1. The molecule has 2 aliphatic rings. The molecule has 2 fully saturated rings. The van der Waals surface area contributed by atoms with Gasteiger partial charge < -0.3 is 9.64 Å². The molecule has 2 aromatic rings. The van der Waals surface area contributed by atoms with Gasteiger partial charge >= 0.3 is 12.4 Å². The van der Waals surface area contributed by atoms with E-state index >= 15 is 0 Å². The Morgan fingerprint density at radius 1 is 0.853 bits per heavy atom. The summed E-state index contributed by atoms with van der Waals surface area (Å²) in [6, 6.07) is 11.5. The van der Waals surface area contributed by atoms with E-state index in [0.29, 0.717) is 0 Å². The Morgan fingerprint density at radius 2 is 1.50 bits per heavy atom. The van der Waals surface area contributed by atoms with Crippen molar-refractivity contribution in [2.75, 3.05) is 26.2 Å². The normalized spacial score (nSPS) is 22.5. The molecule has 0 bridgehead atoms. The largest absolute Gasteiger partial charge is 0.416 e. The van der Waals surface area contributed by atoms with E-state index in [0.717, 1.165) is 62.5 Å². The topological polar surface area (TPSA) is 12.5 Å². The molecule has 2 nitrogen and oxygen atoms in total. The van der Waals surface area contributed by atoms with Crippen LogP contribution in [0, 0.1) is 5.92 Å². The molecule has 186 valence electrons. The third kappa shape index (κ3) is 6.33. The van der Waals surface area contributed by atoms with E-state index in [1.165, 1.54) is 12.8 Å². The molecule has 1 atom stereocenters. The van der Waals surface area contributed by atoms with Crippen molar-refractivity contribution in [2.24, 2.45) is 5.92 Å². The highest BCUT2D eigenvalue weighted by Gasteiger charge is 2.38. The van der Waals surface area contributed by atoms with E-state index in [2.05, 4.69) is 4.90 Å². The van der Waals surface area contributed by atoms with Gasteiger partial charge in [-0.2, -0.15) is 26.3 Å². The lowest BCUT2D eigenvalue weighted by Crippen LogP contribution is -2.34.